The van der Waals surface area contributed by atoms with Gasteiger partial charge in [-0.3, -0.25) is 9.59 Å². The molecule has 3 amide bonds. The Morgan fingerprint density at radius 3 is 2.16 bits per heavy atom. The molecule has 0 aromatic heterocycles. The molecule has 2 atom stereocenters. The maximum atomic E-state index is 14.5. The number of hydrogen-bond donors (Lipinski definition) is 2. The van der Waals surface area contributed by atoms with E-state index in [0.717, 1.165) is 36.8 Å². The molecule has 0 spiro atoms. The number of carbonyl (C=O) groups is 3. The average molecular weight is 590 g/mol. The first-order valence-corrected chi connectivity index (χ1v) is 15.5. The number of nitrogens with zero attached hydrogens (tertiary/aromatic N) is 1. The summed E-state index contributed by atoms with van der Waals surface area (Å²) in [6.07, 6.45) is 10.5. The Bertz CT molecular complexity index is 1250. The van der Waals surface area contributed by atoms with Gasteiger partial charge in [-0.2, -0.15) is 0 Å². The van der Waals surface area contributed by atoms with E-state index in [2.05, 4.69) is 23.5 Å². The highest BCUT2D eigenvalue weighted by Gasteiger charge is 2.37. The number of nitrogens with one attached hydrogen (secondary N) is 2. The fourth-order valence-electron chi connectivity index (χ4n) is 5.12. The van der Waals surface area contributed by atoms with Gasteiger partial charge in [0.1, 0.15) is 17.7 Å². The first-order valence-electron chi connectivity index (χ1n) is 15.5. The van der Waals surface area contributed by atoms with Crippen LogP contribution in [0.4, 0.5) is 10.5 Å². The van der Waals surface area contributed by atoms with Gasteiger partial charge in [0, 0.05) is 17.8 Å². The largest absolute Gasteiger partial charge is 0.444 e. The highest BCUT2D eigenvalue weighted by molar-refractivity contribution is 6.00. The lowest BCUT2D eigenvalue weighted by molar-refractivity contribution is -0.141. The SMILES string of the molecule is C#Cc1ccccc1C(C(=O)Nc1c(C)cccc1C)N(CCCCCCC)C(=O)C(CC(C)C)NC(=O)OC(C)(C)C. The van der Waals surface area contributed by atoms with E-state index >= 15 is 0 Å². The topological polar surface area (TPSA) is 87.7 Å². The molecule has 234 valence electrons. The van der Waals surface area contributed by atoms with Crippen molar-refractivity contribution in [2.75, 3.05) is 11.9 Å². The Morgan fingerprint density at radius 1 is 0.953 bits per heavy atom. The number of alkyl carbamates (subject to hydrolysis) is 1. The number of anilines is 1. The molecule has 0 aliphatic carbocycles. The number of benzene rings is 2. The van der Waals surface area contributed by atoms with Gasteiger partial charge in [-0.25, -0.2) is 4.79 Å². The summed E-state index contributed by atoms with van der Waals surface area (Å²) < 4.78 is 5.51. The van der Waals surface area contributed by atoms with Crippen molar-refractivity contribution in [3.05, 3.63) is 64.7 Å². The van der Waals surface area contributed by atoms with Gasteiger partial charge in [0.15, 0.2) is 0 Å². The molecule has 7 nitrogen and oxygen atoms in total. The van der Waals surface area contributed by atoms with Crippen LogP contribution in [0.3, 0.4) is 0 Å². The van der Waals surface area contributed by atoms with Crippen molar-refractivity contribution in [1.82, 2.24) is 10.2 Å². The van der Waals surface area contributed by atoms with Gasteiger partial charge in [0.25, 0.3) is 5.91 Å². The minimum absolute atomic E-state index is 0.0928. The number of amides is 3. The molecule has 2 N–H and O–H groups in total. The Balaban J connectivity index is 2.64. The molecule has 2 aromatic rings. The van der Waals surface area contributed by atoms with Gasteiger partial charge < -0.3 is 20.3 Å². The summed E-state index contributed by atoms with van der Waals surface area (Å²) in [5.74, 6) is 2.10. The Kier molecular flexibility index (Phi) is 13.8. The number of ether oxygens (including phenoxy) is 1. The molecule has 0 radical (unpaired) electrons. The fraction of sp³-hybridized carbons (Fsp3) is 0.528. The first kappa shape index (κ1) is 35.4. The summed E-state index contributed by atoms with van der Waals surface area (Å²) in [6.45, 7) is 15.7. The molecule has 0 aliphatic heterocycles. The lowest BCUT2D eigenvalue weighted by atomic mass is 9.95. The minimum Gasteiger partial charge on any atom is -0.444 e. The molecule has 0 heterocycles. The molecule has 0 bridgehead atoms. The van der Waals surface area contributed by atoms with E-state index in [1.807, 2.05) is 58.0 Å². The number of para-hydroxylation sites is 1. The van der Waals surface area contributed by atoms with Crippen LogP contribution in [0, 0.1) is 32.1 Å². The molecule has 7 heteroatoms. The molecule has 0 saturated carbocycles. The number of carbonyl (C=O) groups excluding carboxylic acids is 3. The van der Waals surface area contributed by atoms with Crippen LogP contribution < -0.4 is 10.6 Å². The third kappa shape index (κ3) is 11.1. The predicted octanol–water partition coefficient (Wildman–Crippen LogP) is 7.70. The van der Waals surface area contributed by atoms with Crippen LogP contribution in [0.5, 0.6) is 0 Å². The van der Waals surface area contributed by atoms with Crippen LogP contribution in [0.25, 0.3) is 0 Å². The van der Waals surface area contributed by atoms with Gasteiger partial charge in [-0.1, -0.05) is 88.8 Å². The molecule has 43 heavy (non-hydrogen) atoms. The summed E-state index contributed by atoms with van der Waals surface area (Å²) in [4.78, 5) is 43.4. The lowest BCUT2D eigenvalue weighted by Gasteiger charge is -2.35. The molecule has 0 aliphatic rings. The number of terminal acetylenes is 1. The predicted molar refractivity (Wildman–Crippen MR) is 175 cm³/mol. The Morgan fingerprint density at radius 2 is 1.58 bits per heavy atom. The summed E-state index contributed by atoms with van der Waals surface area (Å²) in [7, 11) is 0. The van der Waals surface area contributed by atoms with Crippen molar-refractivity contribution in [2.24, 2.45) is 5.92 Å². The van der Waals surface area contributed by atoms with E-state index in [-0.39, 0.29) is 17.7 Å². The van der Waals surface area contributed by atoms with E-state index in [9.17, 15) is 14.4 Å². The first-order chi connectivity index (χ1) is 20.3. The number of aryl methyl sites for hydroxylation is 2. The molecule has 0 fully saturated rings. The molecular weight excluding hydrogens is 538 g/mol. The second-order valence-corrected chi connectivity index (χ2v) is 12.7. The van der Waals surface area contributed by atoms with Crippen LogP contribution in [-0.2, 0) is 14.3 Å². The third-order valence-electron chi connectivity index (χ3n) is 7.18. The standard InChI is InChI=1S/C36H51N3O4/c1-10-12-13-14-17-23-39(34(41)30(24-25(3)4)37-35(42)43-36(7,8)9)32(29-22-16-15-21-28(29)11-2)33(40)38-31-26(5)19-18-20-27(31)6/h2,15-16,18-22,25,30,32H,10,12-14,17,23-24H2,1,3-9H3,(H,37,42)(H,38,40). The monoisotopic (exact) mass is 589 g/mol. The fourth-order valence-corrected chi connectivity index (χ4v) is 5.12. The van der Waals surface area contributed by atoms with Crippen molar-refractivity contribution < 1.29 is 19.1 Å². The van der Waals surface area contributed by atoms with E-state index < -0.39 is 23.8 Å². The van der Waals surface area contributed by atoms with E-state index in [0.29, 0.717) is 36.2 Å². The van der Waals surface area contributed by atoms with Gasteiger partial charge >= 0.3 is 6.09 Å². The second-order valence-electron chi connectivity index (χ2n) is 12.7. The van der Waals surface area contributed by atoms with Crippen LogP contribution in [-0.4, -0.2) is 41.0 Å². The quantitative estimate of drug-likeness (QED) is 0.175. The lowest BCUT2D eigenvalue weighted by Crippen LogP contribution is -2.53. The van der Waals surface area contributed by atoms with Gasteiger partial charge in [0.05, 0.1) is 0 Å². The van der Waals surface area contributed by atoms with Crippen LogP contribution in [0.1, 0.15) is 108 Å². The van der Waals surface area contributed by atoms with Crippen molar-refractivity contribution in [3.8, 4) is 12.3 Å². The van der Waals surface area contributed by atoms with Gasteiger partial charge in [0.2, 0.25) is 5.91 Å². The number of hydrogen-bond acceptors (Lipinski definition) is 4. The second kappa shape index (κ2) is 16.7. The Labute approximate surface area is 259 Å². The number of unbranched alkanes of at least 4 members (excludes halogenated alkanes) is 4. The molecule has 2 aromatic carbocycles. The summed E-state index contributed by atoms with van der Waals surface area (Å²) >= 11 is 0. The van der Waals surface area contributed by atoms with Gasteiger partial charge in [-0.15, -0.1) is 6.42 Å². The smallest absolute Gasteiger partial charge is 0.408 e. The maximum absolute atomic E-state index is 14.5. The molecule has 2 rings (SSSR count). The van der Waals surface area contributed by atoms with E-state index in [1.165, 1.54) is 0 Å². The van der Waals surface area contributed by atoms with Crippen LogP contribution in [0.15, 0.2) is 42.5 Å². The van der Waals surface area contributed by atoms with Crippen molar-refractivity contribution in [3.63, 3.8) is 0 Å². The average Bonchev–Trinajstić information content (AvgIpc) is 2.92. The third-order valence-corrected chi connectivity index (χ3v) is 7.18. The van der Waals surface area contributed by atoms with Crippen molar-refractivity contribution in [1.29, 1.82) is 0 Å². The zero-order chi connectivity index (χ0) is 32.2. The molecule has 0 saturated heterocycles. The zero-order valence-corrected chi connectivity index (χ0v) is 27.4. The zero-order valence-electron chi connectivity index (χ0n) is 27.4. The van der Waals surface area contributed by atoms with E-state index in [1.54, 1.807) is 37.8 Å². The minimum atomic E-state index is -1.01. The van der Waals surface area contributed by atoms with Crippen LogP contribution >= 0.6 is 0 Å². The van der Waals surface area contributed by atoms with Crippen molar-refractivity contribution >= 4 is 23.6 Å². The van der Waals surface area contributed by atoms with Crippen LogP contribution in [0.2, 0.25) is 0 Å². The number of rotatable bonds is 14. The summed E-state index contributed by atoms with van der Waals surface area (Å²) in [5, 5.41) is 5.93. The van der Waals surface area contributed by atoms with Gasteiger partial charge in [-0.05, 0) is 76.1 Å². The highest BCUT2D eigenvalue weighted by atomic mass is 16.6. The van der Waals surface area contributed by atoms with E-state index in [4.69, 9.17) is 11.2 Å². The highest BCUT2D eigenvalue weighted by Crippen LogP contribution is 2.30. The summed E-state index contributed by atoms with van der Waals surface area (Å²) in [5.41, 5.74) is 2.91. The maximum Gasteiger partial charge on any atom is 0.408 e. The van der Waals surface area contributed by atoms with Crippen molar-refractivity contribution in [2.45, 2.75) is 112 Å². The normalized spacial score (nSPS) is 12.7. The summed E-state index contributed by atoms with van der Waals surface area (Å²) in [6, 6.07) is 11.1. The molecule has 2 unspecified atom stereocenters. The Hall–Kier alpha value is -3.79. The molecular formula is C36H51N3O4.